The van der Waals surface area contributed by atoms with Crippen molar-refractivity contribution in [2.24, 2.45) is 17.6 Å². The van der Waals surface area contributed by atoms with Crippen LogP contribution in [0.2, 0.25) is 0 Å². The molecule has 0 rings (SSSR count). The Hall–Kier alpha value is -0.570. The van der Waals surface area contributed by atoms with Gasteiger partial charge in [-0.3, -0.25) is 4.79 Å². The molecule has 66 valence electrons. The van der Waals surface area contributed by atoms with Crippen LogP contribution in [0.15, 0.2) is 0 Å². The Kier molecular flexibility index (Phi) is 4.86. The number of nitrogens with two attached hydrogens (primary N) is 1. The van der Waals surface area contributed by atoms with Crippen molar-refractivity contribution in [2.75, 3.05) is 13.7 Å². The van der Waals surface area contributed by atoms with E-state index in [4.69, 9.17) is 5.73 Å². The Morgan fingerprint density at radius 3 is 2.36 bits per heavy atom. The SMILES string of the molecule is COC(=O)[C@@H](CN)CC(C)C. The maximum Gasteiger partial charge on any atom is 0.309 e. The first kappa shape index (κ1) is 10.4. The Balaban J connectivity index is 3.84. The van der Waals surface area contributed by atoms with Crippen LogP contribution in [0, 0.1) is 11.8 Å². The summed E-state index contributed by atoms with van der Waals surface area (Å²) in [5, 5.41) is 0. The second-order valence-electron chi connectivity index (χ2n) is 3.09. The fraction of sp³-hybridized carbons (Fsp3) is 0.875. The molecule has 1 atom stereocenters. The van der Waals surface area contributed by atoms with E-state index < -0.39 is 0 Å². The van der Waals surface area contributed by atoms with Gasteiger partial charge in [0.15, 0.2) is 0 Å². The first-order valence-electron chi connectivity index (χ1n) is 3.89. The van der Waals surface area contributed by atoms with Gasteiger partial charge < -0.3 is 10.5 Å². The minimum absolute atomic E-state index is 0.125. The van der Waals surface area contributed by atoms with E-state index in [1.54, 1.807) is 0 Å². The molecule has 0 aromatic heterocycles. The molecule has 0 aliphatic heterocycles. The van der Waals surface area contributed by atoms with E-state index in [1.165, 1.54) is 7.11 Å². The predicted molar refractivity (Wildman–Crippen MR) is 44.0 cm³/mol. The molecular weight excluding hydrogens is 142 g/mol. The molecule has 3 nitrogen and oxygen atoms in total. The van der Waals surface area contributed by atoms with Gasteiger partial charge in [0.1, 0.15) is 0 Å². The molecule has 0 spiro atoms. The van der Waals surface area contributed by atoms with Crippen molar-refractivity contribution in [3.63, 3.8) is 0 Å². The summed E-state index contributed by atoms with van der Waals surface area (Å²) in [6.07, 6.45) is 0.809. The van der Waals surface area contributed by atoms with Crippen LogP contribution >= 0.6 is 0 Å². The Morgan fingerprint density at radius 2 is 2.09 bits per heavy atom. The van der Waals surface area contributed by atoms with Gasteiger partial charge >= 0.3 is 5.97 Å². The van der Waals surface area contributed by atoms with Gasteiger partial charge in [-0.15, -0.1) is 0 Å². The van der Waals surface area contributed by atoms with Gasteiger partial charge in [0.2, 0.25) is 0 Å². The maximum absolute atomic E-state index is 11.0. The van der Waals surface area contributed by atoms with E-state index >= 15 is 0 Å². The summed E-state index contributed by atoms with van der Waals surface area (Å²) in [6, 6.07) is 0. The van der Waals surface area contributed by atoms with Crippen LogP contribution in [0.25, 0.3) is 0 Å². The molecule has 0 heterocycles. The van der Waals surface area contributed by atoms with Gasteiger partial charge in [0.05, 0.1) is 13.0 Å². The van der Waals surface area contributed by atoms with Crippen LogP contribution in [0.4, 0.5) is 0 Å². The van der Waals surface area contributed by atoms with Crippen molar-refractivity contribution >= 4 is 5.97 Å². The molecule has 0 amide bonds. The van der Waals surface area contributed by atoms with Gasteiger partial charge in [0, 0.05) is 6.54 Å². The molecule has 0 aliphatic rings. The smallest absolute Gasteiger partial charge is 0.309 e. The fourth-order valence-corrected chi connectivity index (χ4v) is 1.02. The lowest BCUT2D eigenvalue weighted by molar-refractivity contribution is -0.145. The molecule has 0 fully saturated rings. The lowest BCUT2D eigenvalue weighted by Crippen LogP contribution is -2.26. The molecule has 0 unspecified atom stereocenters. The minimum Gasteiger partial charge on any atom is -0.469 e. The standard InChI is InChI=1S/C8H17NO2/c1-6(2)4-7(5-9)8(10)11-3/h6-7H,4-5,9H2,1-3H3/t7-/m1/s1. The Bertz CT molecular complexity index is 123. The number of carbonyl (C=O) groups is 1. The summed E-state index contributed by atoms with van der Waals surface area (Å²) in [4.78, 5) is 11.0. The molecule has 0 radical (unpaired) electrons. The van der Waals surface area contributed by atoms with Crippen LogP contribution in [0.1, 0.15) is 20.3 Å². The molecule has 0 aromatic carbocycles. The highest BCUT2D eigenvalue weighted by molar-refractivity contribution is 5.72. The largest absolute Gasteiger partial charge is 0.469 e. The van der Waals surface area contributed by atoms with Crippen LogP contribution in [0.3, 0.4) is 0 Å². The molecule has 11 heavy (non-hydrogen) atoms. The van der Waals surface area contributed by atoms with E-state index in [0.29, 0.717) is 12.5 Å². The van der Waals surface area contributed by atoms with Gasteiger partial charge in [0.25, 0.3) is 0 Å². The zero-order valence-corrected chi connectivity index (χ0v) is 7.46. The third-order valence-electron chi connectivity index (χ3n) is 1.57. The highest BCUT2D eigenvalue weighted by Crippen LogP contribution is 2.11. The third kappa shape index (κ3) is 3.98. The van der Waals surface area contributed by atoms with Crippen molar-refractivity contribution in [3.05, 3.63) is 0 Å². The quantitative estimate of drug-likeness (QED) is 0.617. The van der Waals surface area contributed by atoms with E-state index in [2.05, 4.69) is 18.6 Å². The van der Waals surface area contributed by atoms with E-state index in [0.717, 1.165) is 6.42 Å². The molecule has 3 heteroatoms. The normalized spacial score (nSPS) is 13.2. The minimum atomic E-state index is -0.193. The average molecular weight is 159 g/mol. The van der Waals surface area contributed by atoms with Gasteiger partial charge in [-0.25, -0.2) is 0 Å². The molecule has 2 N–H and O–H groups in total. The highest BCUT2D eigenvalue weighted by Gasteiger charge is 2.17. The average Bonchev–Trinajstić information content (AvgIpc) is 1.98. The molecule has 0 saturated heterocycles. The summed E-state index contributed by atoms with van der Waals surface area (Å²) >= 11 is 0. The lowest BCUT2D eigenvalue weighted by atomic mass is 9.97. The van der Waals surface area contributed by atoms with Crippen LogP contribution in [-0.2, 0) is 9.53 Å². The van der Waals surface area contributed by atoms with Crippen molar-refractivity contribution in [1.29, 1.82) is 0 Å². The van der Waals surface area contributed by atoms with Crippen molar-refractivity contribution in [3.8, 4) is 0 Å². The van der Waals surface area contributed by atoms with Gasteiger partial charge in [-0.05, 0) is 12.3 Å². The van der Waals surface area contributed by atoms with Gasteiger partial charge in [-0.1, -0.05) is 13.8 Å². The Labute approximate surface area is 67.9 Å². The first-order valence-corrected chi connectivity index (χ1v) is 3.89. The second kappa shape index (κ2) is 5.13. The van der Waals surface area contributed by atoms with E-state index in [-0.39, 0.29) is 11.9 Å². The molecular formula is C8H17NO2. The Morgan fingerprint density at radius 1 is 1.55 bits per heavy atom. The summed E-state index contributed by atoms with van der Waals surface area (Å²) in [5.41, 5.74) is 5.40. The summed E-state index contributed by atoms with van der Waals surface area (Å²) in [7, 11) is 1.39. The third-order valence-corrected chi connectivity index (χ3v) is 1.57. The van der Waals surface area contributed by atoms with Crippen LogP contribution in [0.5, 0.6) is 0 Å². The zero-order valence-electron chi connectivity index (χ0n) is 7.46. The fourth-order valence-electron chi connectivity index (χ4n) is 1.02. The summed E-state index contributed by atoms with van der Waals surface area (Å²) in [5.74, 6) is 0.170. The number of hydrogen-bond acceptors (Lipinski definition) is 3. The van der Waals surface area contributed by atoms with E-state index in [1.807, 2.05) is 0 Å². The number of esters is 1. The number of rotatable bonds is 4. The van der Waals surface area contributed by atoms with Crippen LogP contribution < -0.4 is 5.73 Å². The highest BCUT2D eigenvalue weighted by atomic mass is 16.5. The van der Waals surface area contributed by atoms with Crippen LogP contribution in [-0.4, -0.2) is 19.6 Å². The topological polar surface area (TPSA) is 52.3 Å². The second-order valence-corrected chi connectivity index (χ2v) is 3.09. The molecule has 0 aliphatic carbocycles. The van der Waals surface area contributed by atoms with Crippen molar-refractivity contribution in [2.45, 2.75) is 20.3 Å². The predicted octanol–water partition coefficient (Wildman–Crippen LogP) is 0.780. The number of carbonyl (C=O) groups excluding carboxylic acids is 1. The molecule has 0 aromatic rings. The molecule has 0 bridgehead atoms. The number of hydrogen-bond donors (Lipinski definition) is 1. The summed E-state index contributed by atoms with van der Waals surface area (Å²) < 4.78 is 4.59. The lowest BCUT2D eigenvalue weighted by Gasteiger charge is -2.13. The number of methoxy groups -OCH3 is 1. The number of ether oxygens (including phenoxy) is 1. The zero-order chi connectivity index (χ0) is 8.85. The monoisotopic (exact) mass is 159 g/mol. The first-order chi connectivity index (χ1) is 5.11. The summed E-state index contributed by atoms with van der Waals surface area (Å²) in [6.45, 7) is 4.50. The van der Waals surface area contributed by atoms with E-state index in [9.17, 15) is 4.79 Å². The molecule has 0 saturated carbocycles. The van der Waals surface area contributed by atoms with Gasteiger partial charge in [-0.2, -0.15) is 0 Å². The van der Waals surface area contributed by atoms with Crippen molar-refractivity contribution in [1.82, 2.24) is 0 Å². The van der Waals surface area contributed by atoms with Crippen molar-refractivity contribution < 1.29 is 9.53 Å². The maximum atomic E-state index is 11.0.